The smallest absolute Gasteiger partial charge is 0.259 e. The van der Waals surface area contributed by atoms with Gasteiger partial charge < -0.3 is 5.73 Å². The first-order chi connectivity index (χ1) is 8.68. The van der Waals surface area contributed by atoms with Gasteiger partial charge in [-0.05, 0) is 26.7 Å². The maximum absolute atomic E-state index is 12.1. The second-order valence-electron chi connectivity index (χ2n) is 5.59. The van der Waals surface area contributed by atoms with E-state index in [4.69, 9.17) is 18.0 Å². The van der Waals surface area contributed by atoms with Gasteiger partial charge >= 0.3 is 0 Å². The molecule has 0 aliphatic carbocycles. The fraction of sp³-hybridized carbons (Fsp3) is 0.818. The van der Waals surface area contributed by atoms with Crippen molar-refractivity contribution in [3.8, 4) is 0 Å². The summed E-state index contributed by atoms with van der Waals surface area (Å²) in [6, 6.07) is -0.215. The molecule has 2 saturated heterocycles. The van der Waals surface area contributed by atoms with E-state index in [0.717, 1.165) is 4.31 Å². The standard InChI is InChI=1S/C11H19N3O3S2/c1-11(2)10(15)14(19(11,16)17)8-3-5-13(6-4-8)7-9(12)18/h8H,3-7H2,1-2H3,(H2,12,18). The number of nitrogens with two attached hydrogens (primary N) is 1. The first-order valence-electron chi connectivity index (χ1n) is 6.27. The average Bonchev–Trinajstić information content (AvgIpc) is 2.30. The maximum Gasteiger partial charge on any atom is 0.259 e. The first-order valence-corrected chi connectivity index (χ1v) is 8.12. The van der Waals surface area contributed by atoms with E-state index in [0.29, 0.717) is 37.5 Å². The monoisotopic (exact) mass is 305 g/mol. The second kappa shape index (κ2) is 4.68. The lowest BCUT2D eigenvalue weighted by Gasteiger charge is -2.49. The van der Waals surface area contributed by atoms with Crippen molar-refractivity contribution in [2.45, 2.75) is 37.5 Å². The van der Waals surface area contributed by atoms with E-state index in [1.165, 1.54) is 13.8 Å². The van der Waals surface area contributed by atoms with E-state index in [9.17, 15) is 13.2 Å². The molecule has 2 aliphatic rings. The van der Waals surface area contributed by atoms with E-state index < -0.39 is 14.8 Å². The number of carbonyl (C=O) groups excluding carboxylic acids is 1. The Hall–Kier alpha value is -0.730. The van der Waals surface area contributed by atoms with Gasteiger partial charge in [-0.1, -0.05) is 12.2 Å². The molecule has 0 radical (unpaired) electrons. The Morgan fingerprint density at radius 3 is 2.37 bits per heavy atom. The first kappa shape index (κ1) is 14.7. The third-order valence-electron chi connectivity index (χ3n) is 3.89. The lowest BCUT2D eigenvalue weighted by molar-refractivity contribution is -0.134. The predicted molar refractivity (Wildman–Crippen MR) is 76.1 cm³/mol. The van der Waals surface area contributed by atoms with Crippen LogP contribution in [0.5, 0.6) is 0 Å². The van der Waals surface area contributed by atoms with Crippen LogP contribution < -0.4 is 5.73 Å². The van der Waals surface area contributed by atoms with Gasteiger partial charge in [0.2, 0.25) is 0 Å². The summed E-state index contributed by atoms with van der Waals surface area (Å²) in [7, 11) is -3.48. The van der Waals surface area contributed by atoms with E-state index >= 15 is 0 Å². The maximum atomic E-state index is 12.1. The Bertz CT molecular complexity index is 507. The molecular formula is C11H19N3O3S2. The highest BCUT2D eigenvalue weighted by Gasteiger charge is 2.62. The number of carbonyl (C=O) groups is 1. The number of hydrogen-bond donors (Lipinski definition) is 1. The highest BCUT2D eigenvalue weighted by molar-refractivity contribution is 7.94. The fourth-order valence-corrected chi connectivity index (χ4v) is 4.50. The molecule has 6 nitrogen and oxygen atoms in total. The SMILES string of the molecule is CC1(C)C(=O)N(C2CCN(CC(N)=S)CC2)S1(=O)=O. The quantitative estimate of drug-likeness (QED) is 0.720. The van der Waals surface area contributed by atoms with Crippen molar-refractivity contribution >= 4 is 33.1 Å². The third-order valence-corrected chi connectivity index (χ3v) is 6.46. The van der Waals surface area contributed by atoms with Gasteiger partial charge in [0.1, 0.15) is 0 Å². The molecular weight excluding hydrogens is 286 g/mol. The van der Waals surface area contributed by atoms with Crippen LogP contribution in [0.3, 0.4) is 0 Å². The minimum absolute atomic E-state index is 0.215. The largest absolute Gasteiger partial charge is 0.392 e. The number of likely N-dealkylation sites (tertiary alicyclic amines) is 1. The molecule has 0 saturated carbocycles. The lowest BCUT2D eigenvalue weighted by atomic mass is 10.0. The molecule has 0 aromatic carbocycles. The molecule has 8 heteroatoms. The zero-order valence-electron chi connectivity index (χ0n) is 11.1. The molecule has 0 spiro atoms. The van der Waals surface area contributed by atoms with Gasteiger partial charge in [0.05, 0.1) is 11.0 Å². The molecule has 2 aliphatic heterocycles. The van der Waals surface area contributed by atoms with Crippen molar-refractivity contribution in [2.75, 3.05) is 19.6 Å². The van der Waals surface area contributed by atoms with Gasteiger partial charge in [0.25, 0.3) is 15.9 Å². The van der Waals surface area contributed by atoms with Crippen LogP contribution in [0.15, 0.2) is 0 Å². The van der Waals surface area contributed by atoms with Gasteiger partial charge in [0.15, 0.2) is 4.75 Å². The summed E-state index contributed by atoms with van der Waals surface area (Å²) in [4.78, 5) is 14.5. The molecule has 0 aromatic heterocycles. The number of thiocarbonyl (C=S) groups is 1. The zero-order valence-corrected chi connectivity index (χ0v) is 12.8. The fourth-order valence-electron chi connectivity index (χ4n) is 2.59. The van der Waals surface area contributed by atoms with E-state index in [1.54, 1.807) is 0 Å². The minimum Gasteiger partial charge on any atom is -0.392 e. The number of nitrogens with zero attached hydrogens (tertiary/aromatic N) is 2. The number of rotatable bonds is 3. The van der Waals surface area contributed by atoms with Crippen molar-refractivity contribution in [3.63, 3.8) is 0 Å². The predicted octanol–water partition coefficient (Wildman–Crippen LogP) is -0.312. The summed E-state index contributed by atoms with van der Waals surface area (Å²) >= 11 is 4.85. The highest BCUT2D eigenvalue weighted by atomic mass is 32.2. The van der Waals surface area contributed by atoms with Crippen LogP contribution >= 0.6 is 12.2 Å². The van der Waals surface area contributed by atoms with Crippen LogP contribution in [-0.2, 0) is 14.8 Å². The number of amides is 1. The molecule has 19 heavy (non-hydrogen) atoms. The Labute approximate surface area is 119 Å². The second-order valence-corrected chi connectivity index (χ2v) is 8.48. The van der Waals surface area contributed by atoms with Crippen molar-refractivity contribution in [3.05, 3.63) is 0 Å². The molecule has 2 heterocycles. The Morgan fingerprint density at radius 1 is 1.42 bits per heavy atom. The van der Waals surface area contributed by atoms with Crippen LogP contribution in [-0.4, -0.2) is 58.9 Å². The Kier molecular flexibility index (Phi) is 3.61. The molecule has 2 N–H and O–H groups in total. The molecule has 2 fully saturated rings. The molecule has 0 aromatic rings. The highest BCUT2D eigenvalue weighted by Crippen LogP contribution is 2.38. The van der Waals surface area contributed by atoms with Crippen molar-refractivity contribution < 1.29 is 13.2 Å². The summed E-state index contributed by atoms with van der Waals surface area (Å²) in [5, 5.41) is 0. The number of sulfonamides is 1. The summed E-state index contributed by atoms with van der Waals surface area (Å²) in [5.74, 6) is -0.291. The van der Waals surface area contributed by atoms with Gasteiger partial charge in [-0.25, -0.2) is 12.7 Å². The van der Waals surface area contributed by atoms with Crippen molar-refractivity contribution in [1.82, 2.24) is 9.21 Å². The van der Waals surface area contributed by atoms with Gasteiger partial charge in [-0.15, -0.1) is 0 Å². The van der Waals surface area contributed by atoms with Gasteiger partial charge in [-0.2, -0.15) is 0 Å². The summed E-state index contributed by atoms with van der Waals surface area (Å²) in [5.41, 5.74) is 5.49. The molecule has 0 atom stereocenters. The Balaban J connectivity index is 2.00. The summed E-state index contributed by atoms with van der Waals surface area (Å²) < 4.78 is 24.0. The van der Waals surface area contributed by atoms with Crippen LogP contribution in [0.2, 0.25) is 0 Å². The normalized spacial score (nSPS) is 27.1. The minimum atomic E-state index is -3.48. The van der Waals surface area contributed by atoms with E-state index in [2.05, 4.69) is 4.90 Å². The molecule has 1 amide bonds. The molecule has 0 bridgehead atoms. The van der Waals surface area contributed by atoms with E-state index in [-0.39, 0.29) is 11.9 Å². The summed E-state index contributed by atoms with van der Waals surface area (Å²) in [6.07, 6.45) is 1.29. The number of piperidine rings is 1. The topological polar surface area (TPSA) is 83.7 Å². The van der Waals surface area contributed by atoms with Crippen LogP contribution in [0, 0.1) is 0 Å². The average molecular weight is 305 g/mol. The molecule has 108 valence electrons. The van der Waals surface area contributed by atoms with Crippen LogP contribution in [0.1, 0.15) is 26.7 Å². The van der Waals surface area contributed by atoms with E-state index in [1.807, 2.05) is 0 Å². The lowest BCUT2D eigenvalue weighted by Crippen LogP contribution is -2.70. The van der Waals surface area contributed by atoms with Crippen LogP contribution in [0.4, 0.5) is 0 Å². The van der Waals surface area contributed by atoms with Gasteiger partial charge in [0, 0.05) is 19.6 Å². The van der Waals surface area contributed by atoms with Crippen molar-refractivity contribution in [1.29, 1.82) is 0 Å². The number of hydrogen-bond acceptors (Lipinski definition) is 5. The third kappa shape index (κ3) is 2.25. The Morgan fingerprint density at radius 2 is 1.95 bits per heavy atom. The zero-order chi connectivity index (χ0) is 14.4. The molecule has 2 rings (SSSR count). The molecule has 0 unspecified atom stereocenters. The van der Waals surface area contributed by atoms with Crippen molar-refractivity contribution in [2.24, 2.45) is 5.73 Å². The summed E-state index contributed by atoms with van der Waals surface area (Å²) in [6.45, 7) is 4.89. The van der Waals surface area contributed by atoms with Gasteiger partial charge in [-0.3, -0.25) is 9.69 Å². The van der Waals surface area contributed by atoms with Crippen LogP contribution in [0.25, 0.3) is 0 Å².